The van der Waals surface area contributed by atoms with Crippen LogP contribution >= 0.6 is 0 Å². The maximum Gasteiger partial charge on any atom is 0.343 e. The van der Waals surface area contributed by atoms with E-state index < -0.39 is 5.97 Å². The number of hydrogen-bond acceptors (Lipinski definition) is 6. The molecule has 0 atom stereocenters. The van der Waals surface area contributed by atoms with Crippen molar-refractivity contribution in [2.75, 3.05) is 13.7 Å². The van der Waals surface area contributed by atoms with Crippen molar-refractivity contribution in [1.29, 1.82) is 0 Å². The first-order valence-corrected chi connectivity index (χ1v) is 12.2. The Balaban J connectivity index is 1.49. The molecule has 0 aliphatic rings. The summed E-state index contributed by atoms with van der Waals surface area (Å²) >= 11 is 0. The molecular formula is C29H34N2O4. The van der Waals surface area contributed by atoms with Crippen molar-refractivity contribution in [2.24, 2.45) is 10.2 Å². The number of hydrogen-bond donors (Lipinski definition) is 0. The van der Waals surface area contributed by atoms with E-state index in [1.165, 1.54) is 32.1 Å². The van der Waals surface area contributed by atoms with Gasteiger partial charge >= 0.3 is 5.97 Å². The molecule has 0 spiro atoms. The lowest BCUT2D eigenvalue weighted by molar-refractivity contribution is 0.0734. The average Bonchev–Trinajstić information content (AvgIpc) is 2.88. The summed E-state index contributed by atoms with van der Waals surface area (Å²) in [5.41, 5.74) is 2.85. The number of carbonyl (C=O) groups excluding carboxylic acids is 1. The molecule has 0 fully saturated rings. The number of methoxy groups -OCH3 is 1. The molecule has 6 nitrogen and oxygen atoms in total. The lowest BCUT2D eigenvalue weighted by Gasteiger charge is -2.08. The van der Waals surface area contributed by atoms with Gasteiger partial charge in [-0.2, -0.15) is 10.2 Å². The fraction of sp³-hybridized carbons (Fsp3) is 0.345. The van der Waals surface area contributed by atoms with Gasteiger partial charge in [0, 0.05) is 0 Å². The minimum Gasteiger partial charge on any atom is -0.497 e. The predicted molar refractivity (Wildman–Crippen MR) is 139 cm³/mol. The van der Waals surface area contributed by atoms with E-state index >= 15 is 0 Å². The van der Waals surface area contributed by atoms with E-state index in [9.17, 15) is 4.79 Å². The standard InChI is InChI=1S/C29H34N2O4/c1-4-5-6-7-8-9-20-34-27-18-19-28(22(2)21-27)31-30-24-12-10-23(11-13-24)29(32)35-26-16-14-25(33-3)15-17-26/h10-19,21H,4-9,20H2,1-3H3. The number of azo groups is 1. The third-order valence-electron chi connectivity index (χ3n) is 5.58. The summed E-state index contributed by atoms with van der Waals surface area (Å²) in [4.78, 5) is 12.4. The molecule has 0 saturated carbocycles. The van der Waals surface area contributed by atoms with Gasteiger partial charge in [0.1, 0.15) is 17.2 Å². The quantitative estimate of drug-likeness (QED) is 0.108. The molecule has 0 bridgehead atoms. The van der Waals surface area contributed by atoms with Crippen molar-refractivity contribution in [3.63, 3.8) is 0 Å². The molecule has 3 aromatic rings. The largest absolute Gasteiger partial charge is 0.497 e. The smallest absolute Gasteiger partial charge is 0.343 e. The first-order chi connectivity index (χ1) is 17.1. The molecular weight excluding hydrogens is 440 g/mol. The van der Waals surface area contributed by atoms with E-state index in [1.807, 2.05) is 25.1 Å². The van der Waals surface area contributed by atoms with Crippen molar-refractivity contribution in [3.8, 4) is 17.2 Å². The van der Waals surface area contributed by atoms with Gasteiger partial charge in [0.2, 0.25) is 0 Å². The topological polar surface area (TPSA) is 69.5 Å². The highest BCUT2D eigenvalue weighted by Gasteiger charge is 2.09. The summed E-state index contributed by atoms with van der Waals surface area (Å²) in [5, 5.41) is 8.66. The monoisotopic (exact) mass is 474 g/mol. The number of ether oxygens (including phenoxy) is 3. The highest BCUT2D eigenvalue weighted by atomic mass is 16.5. The number of aryl methyl sites for hydroxylation is 1. The summed E-state index contributed by atoms with van der Waals surface area (Å²) in [7, 11) is 1.59. The van der Waals surface area contributed by atoms with E-state index in [4.69, 9.17) is 14.2 Å². The van der Waals surface area contributed by atoms with Gasteiger partial charge in [0.05, 0.1) is 30.7 Å². The Bertz CT molecular complexity index is 1090. The normalized spacial score (nSPS) is 10.9. The van der Waals surface area contributed by atoms with Crippen LogP contribution in [0.2, 0.25) is 0 Å². The predicted octanol–water partition coefficient (Wildman–Crippen LogP) is 8.38. The third-order valence-corrected chi connectivity index (χ3v) is 5.58. The van der Waals surface area contributed by atoms with Crippen molar-refractivity contribution in [2.45, 2.75) is 52.4 Å². The molecule has 0 aromatic heterocycles. The van der Waals surface area contributed by atoms with Crippen molar-refractivity contribution >= 4 is 17.3 Å². The maximum absolute atomic E-state index is 12.4. The molecule has 0 heterocycles. The minimum absolute atomic E-state index is 0.433. The number of benzene rings is 3. The summed E-state index contributed by atoms with van der Waals surface area (Å²) in [5.74, 6) is 1.57. The molecule has 6 heteroatoms. The van der Waals surface area contributed by atoms with Crippen LogP contribution in [-0.2, 0) is 0 Å². The van der Waals surface area contributed by atoms with Gasteiger partial charge in [-0.15, -0.1) is 0 Å². The van der Waals surface area contributed by atoms with Crippen molar-refractivity contribution in [3.05, 3.63) is 77.9 Å². The van der Waals surface area contributed by atoms with Crippen LogP contribution in [0.1, 0.15) is 61.4 Å². The van der Waals surface area contributed by atoms with Gasteiger partial charge in [-0.1, -0.05) is 39.0 Å². The maximum atomic E-state index is 12.4. The highest BCUT2D eigenvalue weighted by Crippen LogP contribution is 2.26. The number of esters is 1. The molecule has 3 aromatic carbocycles. The highest BCUT2D eigenvalue weighted by molar-refractivity contribution is 5.91. The van der Waals surface area contributed by atoms with Crippen LogP contribution in [-0.4, -0.2) is 19.7 Å². The zero-order chi connectivity index (χ0) is 24.9. The number of rotatable bonds is 13. The summed E-state index contributed by atoms with van der Waals surface area (Å²) < 4.78 is 16.4. The minimum atomic E-state index is -0.439. The lowest BCUT2D eigenvalue weighted by Crippen LogP contribution is -2.07. The van der Waals surface area contributed by atoms with Gasteiger partial charge in [-0.05, 0) is 85.6 Å². The Labute approximate surface area is 208 Å². The average molecular weight is 475 g/mol. The molecule has 0 aliphatic carbocycles. The molecule has 0 aliphatic heterocycles. The van der Waals surface area contributed by atoms with Crippen LogP contribution in [0.15, 0.2) is 77.0 Å². The van der Waals surface area contributed by atoms with E-state index in [0.29, 0.717) is 22.7 Å². The van der Waals surface area contributed by atoms with E-state index in [0.717, 1.165) is 30.0 Å². The van der Waals surface area contributed by atoms with Crippen LogP contribution in [0.25, 0.3) is 0 Å². The summed E-state index contributed by atoms with van der Waals surface area (Å²) in [6, 6.07) is 19.5. The lowest BCUT2D eigenvalue weighted by atomic mass is 10.1. The zero-order valence-electron chi connectivity index (χ0n) is 20.8. The second-order valence-electron chi connectivity index (χ2n) is 8.38. The summed E-state index contributed by atoms with van der Waals surface area (Å²) in [6.45, 7) is 4.96. The molecule has 184 valence electrons. The number of carbonyl (C=O) groups is 1. The Hall–Kier alpha value is -3.67. The van der Waals surface area contributed by atoms with Gasteiger partial charge in [0.25, 0.3) is 0 Å². The SMILES string of the molecule is CCCCCCCCOc1ccc(N=Nc2ccc(C(=O)Oc3ccc(OC)cc3)cc2)c(C)c1. The molecule has 0 unspecified atom stereocenters. The van der Waals surface area contributed by atoms with E-state index in [2.05, 4.69) is 17.2 Å². The first kappa shape index (κ1) is 25.9. The molecule has 0 saturated heterocycles. The first-order valence-electron chi connectivity index (χ1n) is 12.2. The van der Waals surface area contributed by atoms with Crippen molar-refractivity contribution in [1.82, 2.24) is 0 Å². The second kappa shape index (κ2) is 13.9. The number of nitrogens with zero attached hydrogens (tertiary/aromatic N) is 2. The Morgan fingerprint density at radius 1 is 0.771 bits per heavy atom. The third kappa shape index (κ3) is 8.56. The van der Waals surface area contributed by atoms with Crippen LogP contribution in [0, 0.1) is 6.92 Å². The van der Waals surface area contributed by atoms with Crippen LogP contribution in [0.5, 0.6) is 17.2 Å². The molecule has 0 N–H and O–H groups in total. The Morgan fingerprint density at radius 2 is 1.43 bits per heavy atom. The number of unbranched alkanes of at least 4 members (excludes halogenated alkanes) is 5. The molecule has 3 rings (SSSR count). The van der Waals surface area contributed by atoms with E-state index in [1.54, 1.807) is 55.6 Å². The van der Waals surface area contributed by atoms with Crippen LogP contribution in [0.3, 0.4) is 0 Å². The Kier molecular flexibility index (Phi) is 10.3. The fourth-order valence-electron chi connectivity index (χ4n) is 3.49. The summed E-state index contributed by atoms with van der Waals surface area (Å²) in [6.07, 6.45) is 7.46. The van der Waals surface area contributed by atoms with Crippen LogP contribution < -0.4 is 14.2 Å². The van der Waals surface area contributed by atoms with Gasteiger partial charge in [-0.3, -0.25) is 0 Å². The van der Waals surface area contributed by atoms with Gasteiger partial charge in [-0.25, -0.2) is 4.79 Å². The fourth-order valence-corrected chi connectivity index (χ4v) is 3.49. The van der Waals surface area contributed by atoms with Gasteiger partial charge < -0.3 is 14.2 Å². The second-order valence-corrected chi connectivity index (χ2v) is 8.38. The Morgan fingerprint density at radius 3 is 2.11 bits per heavy atom. The van der Waals surface area contributed by atoms with E-state index in [-0.39, 0.29) is 0 Å². The van der Waals surface area contributed by atoms with Crippen molar-refractivity contribution < 1.29 is 19.0 Å². The molecule has 0 amide bonds. The zero-order valence-corrected chi connectivity index (χ0v) is 20.8. The van der Waals surface area contributed by atoms with Crippen LogP contribution in [0.4, 0.5) is 11.4 Å². The molecule has 0 radical (unpaired) electrons. The molecule has 35 heavy (non-hydrogen) atoms. The van der Waals surface area contributed by atoms with Gasteiger partial charge in [0.15, 0.2) is 0 Å².